The first-order valence-corrected chi connectivity index (χ1v) is 12.1. The molecule has 8 nitrogen and oxygen atoms in total. The molecule has 2 fully saturated rings. The number of aromatic nitrogens is 1. The molecular weight excluding hydrogens is 418 g/mol. The van der Waals surface area contributed by atoms with Gasteiger partial charge in [0.15, 0.2) is 9.84 Å². The van der Waals surface area contributed by atoms with Gasteiger partial charge in [0.25, 0.3) is 0 Å². The topological polar surface area (TPSA) is 101 Å². The first-order valence-electron chi connectivity index (χ1n) is 10.5. The van der Waals surface area contributed by atoms with Crippen molar-refractivity contribution in [2.45, 2.75) is 50.9 Å². The number of aryl methyl sites for hydroxylation is 2. The van der Waals surface area contributed by atoms with Crippen LogP contribution in [0.2, 0.25) is 0 Å². The monoisotopic (exact) mass is 445 g/mol. The number of carbonyl (C=O) groups excluding carboxylic acids is 2. The largest absolute Gasteiger partial charge is 0.361 e. The van der Waals surface area contributed by atoms with Crippen LogP contribution in [0.3, 0.4) is 0 Å². The van der Waals surface area contributed by atoms with Crippen molar-refractivity contribution in [3.63, 3.8) is 0 Å². The van der Waals surface area contributed by atoms with Crippen molar-refractivity contribution in [1.29, 1.82) is 0 Å². The van der Waals surface area contributed by atoms with Crippen LogP contribution in [-0.4, -0.2) is 58.9 Å². The number of benzene rings is 1. The van der Waals surface area contributed by atoms with Crippen molar-refractivity contribution in [2.75, 3.05) is 18.8 Å². The number of amides is 2. The minimum atomic E-state index is -3.62. The maximum Gasteiger partial charge on any atom is 0.239 e. The summed E-state index contributed by atoms with van der Waals surface area (Å²) in [5.74, 6) is -0.122. The normalized spacial score (nSPS) is 19.9. The van der Waals surface area contributed by atoms with E-state index in [1.165, 1.54) is 4.90 Å². The van der Waals surface area contributed by atoms with Gasteiger partial charge in [-0.1, -0.05) is 35.5 Å². The molecule has 166 valence electrons. The lowest BCUT2D eigenvalue weighted by Gasteiger charge is -2.43. The van der Waals surface area contributed by atoms with Crippen LogP contribution in [0, 0.1) is 13.8 Å². The lowest BCUT2D eigenvalue weighted by atomic mass is 10.00. The Labute approximate surface area is 182 Å². The Morgan fingerprint density at radius 2 is 1.84 bits per heavy atom. The molecule has 0 atom stereocenters. The number of carbonyl (C=O) groups is 2. The Bertz CT molecular complexity index is 1070. The second-order valence-corrected chi connectivity index (χ2v) is 10.6. The van der Waals surface area contributed by atoms with Gasteiger partial charge in [0.05, 0.1) is 5.69 Å². The van der Waals surface area contributed by atoms with Crippen LogP contribution < -0.4 is 0 Å². The summed E-state index contributed by atoms with van der Waals surface area (Å²) in [7, 11) is -3.62. The Morgan fingerprint density at radius 1 is 1.16 bits per heavy atom. The summed E-state index contributed by atoms with van der Waals surface area (Å²) in [6, 6.07) is 9.40. The van der Waals surface area contributed by atoms with Crippen LogP contribution >= 0.6 is 0 Å². The highest BCUT2D eigenvalue weighted by Gasteiger charge is 2.58. The number of hydrogen-bond donors (Lipinski definition) is 0. The quantitative estimate of drug-likeness (QED) is 0.698. The average molecular weight is 446 g/mol. The van der Waals surface area contributed by atoms with E-state index in [9.17, 15) is 18.0 Å². The van der Waals surface area contributed by atoms with Crippen molar-refractivity contribution in [2.24, 2.45) is 0 Å². The molecule has 2 aliphatic rings. The van der Waals surface area contributed by atoms with Gasteiger partial charge in [0, 0.05) is 44.5 Å². The molecule has 2 saturated heterocycles. The summed E-state index contributed by atoms with van der Waals surface area (Å²) < 4.78 is 31.1. The molecule has 1 aromatic heterocycles. The molecule has 2 aliphatic heterocycles. The predicted molar refractivity (Wildman–Crippen MR) is 114 cm³/mol. The van der Waals surface area contributed by atoms with E-state index in [1.807, 2.05) is 44.2 Å². The maximum atomic E-state index is 13.0. The van der Waals surface area contributed by atoms with Gasteiger partial charge in [-0.3, -0.25) is 9.59 Å². The van der Waals surface area contributed by atoms with E-state index in [4.69, 9.17) is 4.52 Å². The summed E-state index contributed by atoms with van der Waals surface area (Å²) in [5, 5.41) is 3.92. The average Bonchev–Trinajstić information content (AvgIpc) is 3.15. The van der Waals surface area contributed by atoms with Crippen LogP contribution in [0.25, 0.3) is 0 Å². The number of hydrogen-bond acceptors (Lipinski definition) is 6. The fourth-order valence-electron chi connectivity index (χ4n) is 4.70. The predicted octanol–water partition coefficient (Wildman–Crippen LogP) is 2.00. The first kappa shape index (κ1) is 21.5. The van der Waals surface area contributed by atoms with Crippen molar-refractivity contribution in [3.8, 4) is 0 Å². The molecule has 0 aliphatic carbocycles. The van der Waals surface area contributed by atoms with Crippen LogP contribution in [-0.2, 0) is 32.4 Å². The molecule has 3 heterocycles. The van der Waals surface area contributed by atoms with Crippen molar-refractivity contribution in [1.82, 2.24) is 15.0 Å². The van der Waals surface area contributed by atoms with E-state index in [2.05, 4.69) is 5.16 Å². The zero-order chi connectivity index (χ0) is 22.2. The third-order valence-electron chi connectivity index (χ3n) is 6.54. The van der Waals surface area contributed by atoms with E-state index in [0.717, 1.165) is 22.6 Å². The lowest BCUT2D eigenvalue weighted by Crippen LogP contribution is -2.56. The summed E-state index contributed by atoms with van der Waals surface area (Å²) in [4.78, 5) is 27.4. The highest BCUT2D eigenvalue weighted by molar-refractivity contribution is 7.93. The van der Waals surface area contributed by atoms with Crippen LogP contribution in [0.1, 0.15) is 41.8 Å². The molecule has 0 saturated carbocycles. The molecule has 0 bridgehead atoms. The minimum absolute atomic E-state index is 0.0221. The number of sulfone groups is 1. The van der Waals surface area contributed by atoms with E-state index in [-0.39, 0.29) is 31.2 Å². The lowest BCUT2D eigenvalue weighted by molar-refractivity contribution is -0.135. The molecule has 2 aromatic rings. The number of likely N-dealkylation sites (tertiary alicyclic amines) is 1. The van der Waals surface area contributed by atoms with E-state index >= 15 is 0 Å². The van der Waals surface area contributed by atoms with Gasteiger partial charge in [-0.2, -0.15) is 0 Å². The van der Waals surface area contributed by atoms with Gasteiger partial charge in [-0.15, -0.1) is 0 Å². The van der Waals surface area contributed by atoms with Gasteiger partial charge in [-0.05, 0) is 25.8 Å². The molecule has 0 unspecified atom stereocenters. The summed E-state index contributed by atoms with van der Waals surface area (Å²) in [6.45, 7) is 4.58. The van der Waals surface area contributed by atoms with Crippen molar-refractivity contribution >= 4 is 21.7 Å². The number of rotatable bonds is 5. The smallest absolute Gasteiger partial charge is 0.239 e. The molecular formula is C22H27N3O5S. The highest BCUT2D eigenvalue weighted by Crippen LogP contribution is 2.41. The van der Waals surface area contributed by atoms with Gasteiger partial charge in [0.2, 0.25) is 11.8 Å². The Balaban J connectivity index is 1.45. The molecule has 1 spiro atoms. The zero-order valence-corrected chi connectivity index (χ0v) is 18.7. The Morgan fingerprint density at radius 3 is 2.45 bits per heavy atom. The number of nitrogens with zero attached hydrogens (tertiary/aromatic N) is 3. The minimum Gasteiger partial charge on any atom is -0.361 e. The Hall–Kier alpha value is -2.68. The molecule has 9 heteroatoms. The SMILES string of the molecule is Cc1noc(C)c1CCC(=O)N1CCC2(CC1)N(Cc1ccccc1)C(=O)CS2(=O)=O. The summed E-state index contributed by atoms with van der Waals surface area (Å²) in [6.07, 6.45) is 1.34. The third-order valence-corrected chi connectivity index (χ3v) is 8.95. The highest BCUT2D eigenvalue weighted by atomic mass is 32.2. The molecule has 1 aromatic carbocycles. The molecule has 0 radical (unpaired) electrons. The summed E-state index contributed by atoms with van der Waals surface area (Å²) in [5.41, 5.74) is 2.63. The van der Waals surface area contributed by atoms with Crippen molar-refractivity contribution < 1.29 is 22.5 Å². The van der Waals surface area contributed by atoms with Crippen molar-refractivity contribution in [3.05, 3.63) is 52.9 Å². The fourth-order valence-corrected chi connectivity index (χ4v) is 6.76. The number of piperidine rings is 1. The molecule has 2 amide bonds. The van der Waals surface area contributed by atoms with Gasteiger partial charge in [-0.25, -0.2) is 8.42 Å². The van der Waals surface area contributed by atoms with E-state index < -0.39 is 20.5 Å². The zero-order valence-electron chi connectivity index (χ0n) is 17.8. The van der Waals surface area contributed by atoms with Gasteiger partial charge < -0.3 is 14.3 Å². The molecule has 4 rings (SSSR count). The van der Waals surface area contributed by atoms with Crippen LogP contribution in [0.5, 0.6) is 0 Å². The molecule has 0 N–H and O–H groups in total. The van der Waals surface area contributed by atoms with E-state index in [1.54, 1.807) is 4.90 Å². The first-order chi connectivity index (χ1) is 14.7. The second-order valence-electron chi connectivity index (χ2n) is 8.35. The fraction of sp³-hybridized carbons (Fsp3) is 0.500. The van der Waals surface area contributed by atoms with Gasteiger partial charge >= 0.3 is 0 Å². The Kier molecular flexibility index (Phi) is 5.63. The second kappa shape index (κ2) is 8.11. The van der Waals surface area contributed by atoms with Crippen LogP contribution in [0.4, 0.5) is 0 Å². The summed E-state index contributed by atoms with van der Waals surface area (Å²) >= 11 is 0. The standard InChI is InChI=1S/C22H27N3O5S/c1-16-19(17(2)30-23-16)8-9-20(26)24-12-10-22(11-13-24)25(21(27)15-31(22,28)29)14-18-6-4-3-5-7-18/h3-7H,8-15H2,1-2H3. The van der Waals surface area contributed by atoms with Crippen LogP contribution in [0.15, 0.2) is 34.9 Å². The van der Waals surface area contributed by atoms with E-state index in [0.29, 0.717) is 25.9 Å². The maximum absolute atomic E-state index is 13.0. The molecule has 31 heavy (non-hydrogen) atoms. The third kappa shape index (κ3) is 3.86. The van der Waals surface area contributed by atoms with Gasteiger partial charge in [0.1, 0.15) is 16.4 Å².